The fourth-order valence-corrected chi connectivity index (χ4v) is 4.08. The van der Waals surface area contributed by atoms with Crippen LogP contribution in [0.5, 0.6) is 0 Å². The lowest BCUT2D eigenvalue weighted by Gasteiger charge is -2.13. The monoisotopic (exact) mass is 435 g/mol. The van der Waals surface area contributed by atoms with E-state index in [2.05, 4.69) is 5.32 Å². The van der Waals surface area contributed by atoms with Gasteiger partial charge in [0.05, 0.1) is 29.6 Å². The Morgan fingerprint density at radius 1 is 1.00 bits per heavy atom. The smallest absolute Gasteiger partial charge is 0.339 e. The number of thiophene rings is 1. The summed E-state index contributed by atoms with van der Waals surface area (Å²) < 4.78 is 7.40. The highest BCUT2D eigenvalue weighted by Gasteiger charge is 2.19. The molecule has 0 unspecified atom stereocenters. The van der Waals surface area contributed by atoms with Gasteiger partial charge in [0.25, 0.3) is 5.56 Å². The van der Waals surface area contributed by atoms with Crippen molar-refractivity contribution in [2.45, 2.75) is 6.54 Å². The second kappa shape index (κ2) is 8.41. The van der Waals surface area contributed by atoms with Crippen molar-refractivity contribution in [2.75, 3.05) is 12.4 Å². The second-order valence-corrected chi connectivity index (χ2v) is 7.48. The van der Waals surface area contributed by atoms with Crippen LogP contribution in [-0.2, 0) is 16.1 Å². The van der Waals surface area contributed by atoms with Crippen molar-refractivity contribution < 1.29 is 14.3 Å². The van der Waals surface area contributed by atoms with Crippen LogP contribution < -0.4 is 16.6 Å². The Hall–Kier alpha value is -3.98. The number of para-hydroxylation sites is 2. The van der Waals surface area contributed by atoms with Crippen molar-refractivity contribution >= 4 is 39.1 Å². The molecule has 2 heterocycles. The van der Waals surface area contributed by atoms with E-state index in [1.54, 1.807) is 60.0 Å². The van der Waals surface area contributed by atoms with Crippen molar-refractivity contribution in [3.63, 3.8) is 0 Å². The van der Waals surface area contributed by atoms with Gasteiger partial charge in [0, 0.05) is 0 Å². The number of esters is 1. The summed E-state index contributed by atoms with van der Waals surface area (Å²) in [4.78, 5) is 50.8. The Balaban J connectivity index is 1.76. The summed E-state index contributed by atoms with van der Waals surface area (Å²) in [5, 5.41) is 4.34. The molecule has 4 aromatic rings. The van der Waals surface area contributed by atoms with Gasteiger partial charge in [-0.25, -0.2) is 14.2 Å². The van der Waals surface area contributed by atoms with Gasteiger partial charge < -0.3 is 10.1 Å². The number of rotatable bonds is 5. The van der Waals surface area contributed by atoms with E-state index in [1.165, 1.54) is 29.1 Å². The van der Waals surface area contributed by atoms with Crippen LogP contribution in [0.3, 0.4) is 0 Å². The molecule has 4 rings (SSSR count). The molecule has 0 spiro atoms. The van der Waals surface area contributed by atoms with Gasteiger partial charge in [-0.15, -0.1) is 11.3 Å². The molecule has 0 saturated carbocycles. The van der Waals surface area contributed by atoms with Crippen LogP contribution in [0.15, 0.2) is 75.6 Å². The maximum Gasteiger partial charge on any atom is 0.339 e. The van der Waals surface area contributed by atoms with Gasteiger partial charge in [0.1, 0.15) is 11.2 Å². The van der Waals surface area contributed by atoms with Crippen molar-refractivity contribution in [2.24, 2.45) is 0 Å². The number of anilines is 1. The van der Waals surface area contributed by atoms with Crippen molar-refractivity contribution in [1.82, 2.24) is 9.13 Å². The average molecular weight is 435 g/mol. The van der Waals surface area contributed by atoms with Crippen LogP contribution in [0.4, 0.5) is 5.69 Å². The zero-order chi connectivity index (χ0) is 22.0. The van der Waals surface area contributed by atoms with Crippen molar-refractivity contribution in [3.8, 4) is 5.69 Å². The van der Waals surface area contributed by atoms with Gasteiger partial charge in [-0.05, 0) is 35.7 Å². The van der Waals surface area contributed by atoms with E-state index >= 15 is 0 Å². The van der Waals surface area contributed by atoms with Gasteiger partial charge in [-0.1, -0.05) is 30.3 Å². The van der Waals surface area contributed by atoms with Crippen LogP contribution in [-0.4, -0.2) is 28.1 Å². The highest BCUT2D eigenvalue weighted by molar-refractivity contribution is 7.17. The summed E-state index contributed by atoms with van der Waals surface area (Å²) in [5.41, 5.74) is 0.194. The Bertz CT molecular complexity index is 1400. The molecule has 8 nitrogen and oxygen atoms in total. The van der Waals surface area contributed by atoms with Gasteiger partial charge >= 0.3 is 11.7 Å². The summed E-state index contributed by atoms with van der Waals surface area (Å²) >= 11 is 1.20. The third-order valence-electron chi connectivity index (χ3n) is 4.68. The maximum absolute atomic E-state index is 13.2. The van der Waals surface area contributed by atoms with Crippen LogP contribution in [0.25, 0.3) is 15.9 Å². The quantitative estimate of drug-likeness (QED) is 0.486. The van der Waals surface area contributed by atoms with E-state index in [1.807, 2.05) is 0 Å². The lowest BCUT2D eigenvalue weighted by Crippen LogP contribution is -2.40. The molecule has 0 radical (unpaired) electrons. The first kappa shape index (κ1) is 20.3. The topological polar surface area (TPSA) is 99.4 Å². The minimum atomic E-state index is -0.626. The SMILES string of the molecule is COC(=O)c1ccccc1NC(=O)Cn1c(=O)n(-c2ccccc2)c(=O)c2sccc21. The molecule has 1 N–H and O–H groups in total. The molecular weight excluding hydrogens is 418 g/mol. The maximum atomic E-state index is 13.2. The molecule has 0 fully saturated rings. The first-order valence-electron chi connectivity index (χ1n) is 9.27. The number of benzene rings is 2. The number of ether oxygens (including phenoxy) is 1. The zero-order valence-corrected chi connectivity index (χ0v) is 17.2. The van der Waals surface area contributed by atoms with E-state index < -0.39 is 23.1 Å². The molecule has 31 heavy (non-hydrogen) atoms. The fourth-order valence-electron chi connectivity index (χ4n) is 3.26. The first-order chi connectivity index (χ1) is 15.0. The molecule has 0 aliphatic carbocycles. The third-order valence-corrected chi connectivity index (χ3v) is 5.57. The van der Waals surface area contributed by atoms with Crippen molar-refractivity contribution in [1.29, 1.82) is 0 Å². The van der Waals surface area contributed by atoms with Gasteiger partial charge in [0.15, 0.2) is 0 Å². The third kappa shape index (κ3) is 3.78. The number of carbonyl (C=O) groups is 2. The van der Waals surface area contributed by atoms with Gasteiger partial charge in [0.2, 0.25) is 5.91 Å². The van der Waals surface area contributed by atoms with E-state index in [-0.39, 0.29) is 17.8 Å². The molecule has 0 atom stereocenters. The Morgan fingerprint density at radius 3 is 2.45 bits per heavy atom. The molecule has 9 heteroatoms. The summed E-state index contributed by atoms with van der Waals surface area (Å²) in [6, 6.07) is 16.6. The number of nitrogens with one attached hydrogen (secondary N) is 1. The summed E-state index contributed by atoms with van der Waals surface area (Å²) in [5.74, 6) is -1.12. The minimum absolute atomic E-state index is 0.195. The van der Waals surface area contributed by atoms with Crippen LogP contribution in [0.1, 0.15) is 10.4 Å². The Labute approximate surface area is 179 Å². The standard InChI is InChI=1S/C22H17N3O5S/c1-30-21(28)15-9-5-6-10-16(15)23-18(26)13-24-17-11-12-31-19(17)20(27)25(22(24)29)14-7-3-2-4-8-14/h2-12H,13H2,1H3,(H,23,26). The van der Waals surface area contributed by atoms with Crippen LogP contribution >= 0.6 is 11.3 Å². The Kier molecular flexibility index (Phi) is 5.50. The van der Waals surface area contributed by atoms with Crippen molar-refractivity contribution in [3.05, 3.63) is 92.4 Å². The van der Waals surface area contributed by atoms with E-state index in [4.69, 9.17) is 4.74 Å². The molecular formula is C22H17N3O5S. The zero-order valence-electron chi connectivity index (χ0n) is 16.4. The molecule has 2 aromatic carbocycles. The average Bonchev–Trinajstić information content (AvgIpc) is 3.27. The highest BCUT2D eigenvalue weighted by atomic mass is 32.1. The van der Waals surface area contributed by atoms with Crippen LogP contribution in [0, 0.1) is 0 Å². The van der Waals surface area contributed by atoms with E-state index in [0.717, 1.165) is 4.57 Å². The van der Waals surface area contributed by atoms with Gasteiger partial charge in [-0.3, -0.25) is 14.2 Å². The summed E-state index contributed by atoms with van der Waals surface area (Å²) in [6.45, 7) is -0.339. The summed E-state index contributed by atoms with van der Waals surface area (Å²) in [7, 11) is 1.25. The summed E-state index contributed by atoms with van der Waals surface area (Å²) in [6.07, 6.45) is 0. The molecule has 156 valence electrons. The first-order valence-corrected chi connectivity index (χ1v) is 10.1. The molecule has 0 aliphatic rings. The molecule has 0 aliphatic heterocycles. The molecule has 2 aromatic heterocycles. The lowest BCUT2D eigenvalue weighted by molar-refractivity contribution is -0.116. The van der Waals surface area contributed by atoms with E-state index in [9.17, 15) is 19.2 Å². The normalized spacial score (nSPS) is 10.7. The molecule has 0 bridgehead atoms. The number of aromatic nitrogens is 2. The van der Waals surface area contributed by atoms with Gasteiger partial charge in [-0.2, -0.15) is 0 Å². The number of nitrogens with zero attached hydrogens (tertiary/aromatic N) is 2. The highest BCUT2D eigenvalue weighted by Crippen LogP contribution is 2.18. The number of hydrogen-bond acceptors (Lipinski definition) is 6. The molecule has 1 amide bonds. The van der Waals surface area contributed by atoms with E-state index in [0.29, 0.717) is 15.9 Å². The number of amides is 1. The predicted octanol–water partition coefficient (Wildman–Crippen LogP) is 2.64. The largest absolute Gasteiger partial charge is 0.465 e. The number of hydrogen-bond donors (Lipinski definition) is 1. The Morgan fingerprint density at radius 2 is 1.71 bits per heavy atom. The number of methoxy groups -OCH3 is 1. The second-order valence-electron chi connectivity index (χ2n) is 6.57. The van der Waals surface area contributed by atoms with Crippen LogP contribution in [0.2, 0.25) is 0 Å². The lowest BCUT2D eigenvalue weighted by atomic mass is 10.2. The number of fused-ring (bicyclic) bond motifs is 1. The number of carbonyl (C=O) groups excluding carboxylic acids is 2. The predicted molar refractivity (Wildman–Crippen MR) is 118 cm³/mol. The molecule has 0 saturated heterocycles. The fraction of sp³-hybridized carbons (Fsp3) is 0.0909. The minimum Gasteiger partial charge on any atom is -0.465 e.